The standard InChI is InChI=1S/C18H30N2O/c1-5-15(6-2)18(21)19-14-17(20(7-3)8-4)16-12-10-9-11-13-16/h9-13,15,17H,5-8,14H2,1-4H3,(H,19,21)/t17-/m0/s1. The van der Waals surface area contributed by atoms with Gasteiger partial charge in [-0.2, -0.15) is 0 Å². The topological polar surface area (TPSA) is 32.3 Å². The van der Waals surface area contributed by atoms with Gasteiger partial charge in [-0.1, -0.05) is 58.0 Å². The molecule has 0 unspecified atom stereocenters. The van der Waals surface area contributed by atoms with Crippen LogP contribution in [-0.4, -0.2) is 30.4 Å². The molecule has 0 saturated carbocycles. The highest BCUT2D eigenvalue weighted by Crippen LogP contribution is 2.20. The largest absolute Gasteiger partial charge is 0.354 e. The van der Waals surface area contributed by atoms with E-state index in [2.05, 4.69) is 62.2 Å². The minimum Gasteiger partial charge on any atom is -0.354 e. The number of hydrogen-bond donors (Lipinski definition) is 1. The monoisotopic (exact) mass is 290 g/mol. The second-order valence-electron chi connectivity index (χ2n) is 5.41. The summed E-state index contributed by atoms with van der Waals surface area (Å²) < 4.78 is 0. The van der Waals surface area contributed by atoms with Crippen molar-refractivity contribution < 1.29 is 4.79 Å². The summed E-state index contributed by atoms with van der Waals surface area (Å²) in [5.74, 6) is 0.325. The number of carbonyl (C=O) groups is 1. The predicted octanol–water partition coefficient (Wildman–Crippen LogP) is 3.62. The zero-order chi connectivity index (χ0) is 15.7. The number of hydrogen-bond acceptors (Lipinski definition) is 2. The van der Waals surface area contributed by atoms with Crippen LogP contribution in [0.5, 0.6) is 0 Å². The molecule has 118 valence electrons. The lowest BCUT2D eigenvalue weighted by Gasteiger charge is -2.30. The van der Waals surface area contributed by atoms with Crippen LogP contribution >= 0.6 is 0 Å². The minimum absolute atomic E-state index is 0.137. The van der Waals surface area contributed by atoms with E-state index < -0.39 is 0 Å². The Morgan fingerprint density at radius 1 is 1.05 bits per heavy atom. The summed E-state index contributed by atoms with van der Waals surface area (Å²) in [4.78, 5) is 14.6. The van der Waals surface area contributed by atoms with E-state index in [1.807, 2.05) is 6.07 Å². The van der Waals surface area contributed by atoms with Gasteiger partial charge in [0, 0.05) is 12.5 Å². The molecule has 0 aliphatic carbocycles. The summed E-state index contributed by atoms with van der Waals surface area (Å²) in [5, 5.41) is 3.15. The van der Waals surface area contributed by atoms with Gasteiger partial charge in [0.05, 0.1) is 6.04 Å². The molecule has 1 aromatic rings. The van der Waals surface area contributed by atoms with Gasteiger partial charge in [0.1, 0.15) is 0 Å². The predicted molar refractivity (Wildman–Crippen MR) is 89.2 cm³/mol. The van der Waals surface area contributed by atoms with Gasteiger partial charge in [-0.05, 0) is 31.5 Å². The highest BCUT2D eigenvalue weighted by molar-refractivity contribution is 5.78. The van der Waals surface area contributed by atoms with E-state index in [1.54, 1.807) is 0 Å². The van der Waals surface area contributed by atoms with E-state index in [9.17, 15) is 4.79 Å². The normalized spacial score (nSPS) is 12.7. The molecule has 0 heterocycles. The molecule has 0 spiro atoms. The first-order valence-corrected chi connectivity index (χ1v) is 8.24. The van der Waals surface area contributed by atoms with E-state index in [0.717, 1.165) is 25.9 Å². The Labute approximate surface area is 129 Å². The number of nitrogens with one attached hydrogen (secondary N) is 1. The lowest BCUT2D eigenvalue weighted by molar-refractivity contribution is -0.125. The van der Waals surface area contributed by atoms with Crippen molar-refractivity contribution in [2.75, 3.05) is 19.6 Å². The van der Waals surface area contributed by atoms with Gasteiger partial charge in [0.15, 0.2) is 0 Å². The van der Waals surface area contributed by atoms with Gasteiger partial charge in [-0.15, -0.1) is 0 Å². The van der Waals surface area contributed by atoms with Crippen LogP contribution in [0.1, 0.15) is 52.1 Å². The van der Waals surface area contributed by atoms with Crippen molar-refractivity contribution >= 4 is 5.91 Å². The maximum absolute atomic E-state index is 12.2. The van der Waals surface area contributed by atoms with E-state index >= 15 is 0 Å². The molecule has 3 heteroatoms. The Balaban J connectivity index is 2.77. The summed E-state index contributed by atoms with van der Waals surface area (Å²) >= 11 is 0. The first-order chi connectivity index (χ1) is 10.2. The molecule has 0 fully saturated rings. The highest BCUT2D eigenvalue weighted by atomic mass is 16.1. The second-order valence-corrected chi connectivity index (χ2v) is 5.41. The SMILES string of the molecule is CCC(CC)C(=O)NC[C@@H](c1ccccc1)N(CC)CC. The summed E-state index contributed by atoms with van der Waals surface area (Å²) in [6.45, 7) is 11.1. The second kappa shape index (κ2) is 9.56. The van der Waals surface area contributed by atoms with Gasteiger partial charge in [0.25, 0.3) is 0 Å². The molecular weight excluding hydrogens is 260 g/mol. The van der Waals surface area contributed by atoms with Gasteiger partial charge >= 0.3 is 0 Å². The van der Waals surface area contributed by atoms with Crippen LogP contribution in [0.4, 0.5) is 0 Å². The van der Waals surface area contributed by atoms with Gasteiger partial charge in [0.2, 0.25) is 5.91 Å². The van der Waals surface area contributed by atoms with Gasteiger partial charge in [-0.3, -0.25) is 9.69 Å². The number of nitrogens with zero attached hydrogens (tertiary/aromatic N) is 1. The fraction of sp³-hybridized carbons (Fsp3) is 0.611. The number of benzene rings is 1. The van der Waals surface area contributed by atoms with Crippen LogP contribution < -0.4 is 5.32 Å². The van der Waals surface area contributed by atoms with E-state index in [4.69, 9.17) is 0 Å². The Bertz CT molecular complexity index is 397. The molecule has 0 bridgehead atoms. The van der Waals surface area contributed by atoms with Gasteiger partial charge < -0.3 is 5.32 Å². The number of carbonyl (C=O) groups excluding carboxylic acids is 1. The molecule has 3 nitrogen and oxygen atoms in total. The molecule has 0 saturated heterocycles. The summed E-state index contributed by atoms with van der Waals surface area (Å²) in [5.41, 5.74) is 1.27. The molecule has 0 aliphatic rings. The van der Waals surface area contributed by atoms with Crippen molar-refractivity contribution in [1.29, 1.82) is 0 Å². The zero-order valence-electron chi connectivity index (χ0n) is 13.9. The van der Waals surface area contributed by atoms with Crippen molar-refractivity contribution in [3.63, 3.8) is 0 Å². The fourth-order valence-electron chi connectivity index (χ4n) is 2.80. The molecule has 0 aliphatic heterocycles. The van der Waals surface area contributed by atoms with Crippen molar-refractivity contribution in [1.82, 2.24) is 10.2 Å². The van der Waals surface area contributed by atoms with Crippen LogP contribution in [0, 0.1) is 5.92 Å². The van der Waals surface area contributed by atoms with Crippen LogP contribution in [0.3, 0.4) is 0 Å². The smallest absolute Gasteiger partial charge is 0.223 e. The number of rotatable bonds is 9. The highest BCUT2D eigenvalue weighted by Gasteiger charge is 2.20. The first-order valence-electron chi connectivity index (χ1n) is 8.24. The van der Waals surface area contributed by atoms with Crippen molar-refractivity contribution in [3.8, 4) is 0 Å². The van der Waals surface area contributed by atoms with Crippen LogP contribution in [0.25, 0.3) is 0 Å². The first kappa shape index (κ1) is 17.7. The molecule has 1 rings (SSSR count). The molecule has 1 amide bonds. The fourth-order valence-corrected chi connectivity index (χ4v) is 2.80. The third-order valence-electron chi connectivity index (χ3n) is 4.26. The van der Waals surface area contributed by atoms with Crippen LogP contribution in [0.2, 0.25) is 0 Å². The minimum atomic E-state index is 0.137. The summed E-state index contributed by atoms with van der Waals surface area (Å²) in [7, 11) is 0. The lowest BCUT2D eigenvalue weighted by Crippen LogP contribution is -2.40. The van der Waals surface area contributed by atoms with E-state index in [0.29, 0.717) is 6.54 Å². The molecule has 1 aromatic carbocycles. The molecule has 1 atom stereocenters. The Morgan fingerprint density at radius 2 is 1.62 bits per heavy atom. The van der Waals surface area contributed by atoms with Crippen molar-refractivity contribution in [3.05, 3.63) is 35.9 Å². The Hall–Kier alpha value is -1.35. The molecule has 0 radical (unpaired) electrons. The van der Waals surface area contributed by atoms with Gasteiger partial charge in [-0.25, -0.2) is 0 Å². The average molecular weight is 290 g/mol. The van der Waals surface area contributed by atoms with Crippen molar-refractivity contribution in [2.24, 2.45) is 5.92 Å². The summed E-state index contributed by atoms with van der Waals surface area (Å²) in [6.07, 6.45) is 1.81. The zero-order valence-corrected chi connectivity index (χ0v) is 13.9. The number of likely N-dealkylation sites (N-methyl/N-ethyl adjacent to an activating group) is 1. The maximum Gasteiger partial charge on any atom is 0.223 e. The third-order valence-corrected chi connectivity index (χ3v) is 4.26. The third kappa shape index (κ3) is 5.16. The van der Waals surface area contributed by atoms with Crippen molar-refractivity contribution in [2.45, 2.75) is 46.6 Å². The molecular formula is C18H30N2O. The maximum atomic E-state index is 12.2. The quantitative estimate of drug-likeness (QED) is 0.753. The van der Waals surface area contributed by atoms with E-state index in [-0.39, 0.29) is 17.9 Å². The molecule has 0 aromatic heterocycles. The molecule has 21 heavy (non-hydrogen) atoms. The lowest BCUT2D eigenvalue weighted by atomic mass is 10.0. The van der Waals surface area contributed by atoms with Crippen LogP contribution in [0.15, 0.2) is 30.3 Å². The Kier molecular flexibility index (Phi) is 8.06. The summed E-state index contributed by atoms with van der Waals surface area (Å²) in [6, 6.07) is 10.7. The Morgan fingerprint density at radius 3 is 2.10 bits per heavy atom. The number of amides is 1. The van der Waals surface area contributed by atoms with Crippen LogP contribution in [-0.2, 0) is 4.79 Å². The van der Waals surface area contributed by atoms with E-state index in [1.165, 1.54) is 5.56 Å². The molecule has 1 N–H and O–H groups in total. The average Bonchev–Trinajstić information content (AvgIpc) is 2.53.